The lowest BCUT2D eigenvalue weighted by molar-refractivity contribution is 0.139. The molecule has 0 aliphatic heterocycles. The van der Waals surface area contributed by atoms with Crippen LogP contribution in [0.5, 0.6) is 0 Å². The Morgan fingerprint density at radius 3 is 2.50 bits per heavy atom. The van der Waals surface area contributed by atoms with Gasteiger partial charge >= 0.3 is 0 Å². The quantitative estimate of drug-likeness (QED) is 0.754. The molecule has 2 rings (SSSR count). The smallest absolute Gasteiger partial charge is 0.00449 e. The Labute approximate surface area is 113 Å². The van der Waals surface area contributed by atoms with E-state index >= 15 is 0 Å². The molecular weight excluding hydrogens is 220 g/mol. The van der Waals surface area contributed by atoms with Crippen LogP contribution in [0.25, 0.3) is 0 Å². The number of hydrogen-bond donors (Lipinski definition) is 1. The van der Waals surface area contributed by atoms with Crippen LogP contribution in [-0.2, 0) is 0 Å². The van der Waals surface area contributed by atoms with E-state index in [1.165, 1.54) is 51.7 Å². The minimum atomic E-state index is 0.271. The first-order chi connectivity index (χ1) is 8.54. The number of nitrogens with zero attached hydrogens (tertiary/aromatic N) is 1. The first kappa shape index (κ1) is 14.3. The van der Waals surface area contributed by atoms with E-state index in [1.807, 2.05) is 0 Å². The Morgan fingerprint density at radius 2 is 2.00 bits per heavy atom. The summed E-state index contributed by atoms with van der Waals surface area (Å²) in [7, 11) is 0. The van der Waals surface area contributed by atoms with Crippen LogP contribution in [0.3, 0.4) is 0 Å². The molecule has 106 valence electrons. The van der Waals surface area contributed by atoms with Crippen LogP contribution in [0.15, 0.2) is 0 Å². The monoisotopic (exact) mass is 252 g/mol. The lowest BCUT2D eigenvalue weighted by Gasteiger charge is -2.35. The fraction of sp³-hybridized carbons (Fsp3) is 1.00. The van der Waals surface area contributed by atoms with Crippen LogP contribution < -0.4 is 5.73 Å². The molecule has 0 amide bonds. The van der Waals surface area contributed by atoms with Crippen molar-refractivity contribution in [2.75, 3.05) is 26.2 Å². The maximum Gasteiger partial charge on any atom is 0.00449 e. The maximum absolute atomic E-state index is 5.89. The van der Waals surface area contributed by atoms with Gasteiger partial charge in [-0.25, -0.2) is 0 Å². The van der Waals surface area contributed by atoms with Gasteiger partial charge in [0.2, 0.25) is 0 Å². The van der Waals surface area contributed by atoms with Crippen molar-refractivity contribution in [3.63, 3.8) is 0 Å². The van der Waals surface area contributed by atoms with Gasteiger partial charge in [0.25, 0.3) is 0 Å². The minimum absolute atomic E-state index is 0.271. The van der Waals surface area contributed by atoms with E-state index < -0.39 is 0 Å². The van der Waals surface area contributed by atoms with Crippen molar-refractivity contribution < 1.29 is 0 Å². The highest BCUT2D eigenvalue weighted by Crippen LogP contribution is 2.48. The van der Waals surface area contributed by atoms with Gasteiger partial charge in [-0.3, -0.25) is 0 Å². The Balaban J connectivity index is 1.86. The Kier molecular flexibility index (Phi) is 4.71. The predicted octanol–water partition coefficient (Wildman–Crippen LogP) is 3.12. The van der Waals surface area contributed by atoms with E-state index in [4.69, 9.17) is 5.73 Å². The van der Waals surface area contributed by atoms with Crippen LogP contribution in [0.2, 0.25) is 0 Å². The summed E-state index contributed by atoms with van der Waals surface area (Å²) >= 11 is 0. The minimum Gasteiger partial charge on any atom is -0.330 e. The average molecular weight is 252 g/mol. The van der Waals surface area contributed by atoms with Gasteiger partial charge in [0.1, 0.15) is 0 Å². The fourth-order valence-electron chi connectivity index (χ4n) is 4.15. The molecule has 0 heterocycles. The van der Waals surface area contributed by atoms with Gasteiger partial charge in [-0.15, -0.1) is 0 Å². The maximum atomic E-state index is 5.89. The lowest BCUT2D eigenvalue weighted by Crippen LogP contribution is -2.42. The number of rotatable bonds is 7. The summed E-state index contributed by atoms with van der Waals surface area (Å²) in [6.45, 7) is 11.4. The summed E-state index contributed by atoms with van der Waals surface area (Å²) in [5, 5.41) is 0. The molecule has 18 heavy (non-hydrogen) atoms. The molecule has 2 aliphatic rings. The van der Waals surface area contributed by atoms with Gasteiger partial charge in [0.15, 0.2) is 0 Å². The predicted molar refractivity (Wildman–Crippen MR) is 78.5 cm³/mol. The third kappa shape index (κ3) is 3.48. The van der Waals surface area contributed by atoms with Gasteiger partial charge in [-0.2, -0.15) is 0 Å². The molecule has 0 aromatic rings. The molecule has 3 unspecified atom stereocenters. The molecule has 2 aliphatic carbocycles. The van der Waals surface area contributed by atoms with Crippen molar-refractivity contribution in [2.45, 2.75) is 52.9 Å². The van der Waals surface area contributed by atoms with E-state index in [0.717, 1.165) is 24.3 Å². The highest BCUT2D eigenvalue weighted by atomic mass is 15.1. The molecule has 0 aromatic carbocycles. The van der Waals surface area contributed by atoms with Crippen molar-refractivity contribution >= 4 is 0 Å². The van der Waals surface area contributed by atoms with E-state index in [-0.39, 0.29) is 5.41 Å². The average Bonchev–Trinajstić information content (AvgIpc) is 2.91. The second-order valence-electron chi connectivity index (χ2n) is 7.54. The molecule has 2 fully saturated rings. The Morgan fingerprint density at radius 1 is 1.22 bits per heavy atom. The molecule has 2 bridgehead atoms. The summed E-state index contributed by atoms with van der Waals surface area (Å²) < 4.78 is 0. The zero-order valence-electron chi connectivity index (χ0n) is 12.6. The van der Waals surface area contributed by atoms with E-state index in [1.54, 1.807) is 0 Å². The topological polar surface area (TPSA) is 29.3 Å². The van der Waals surface area contributed by atoms with Crippen molar-refractivity contribution in [1.29, 1.82) is 0 Å². The summed E-state index contributed by atoms with van der Waals surface area (Å²) in [5.41, 5.74) is 6.16. The SMILES string of the molecule is CCCN(CC1CC2CCC1C2)CC(C)(C)CN. The standard InChI is InChI=1S/C16H32N2/c1-4-7-18(12-16(2,3)11-17)10-15-9-13-5-6-14(15)8-13/h13-15H,4-12,17H2,1-3H3. The van der Waals surface area contributed by atoms with Crippen LogP contribution >= 0.6 is 0 Å². The molecule has 0 aromatic heterocycles. The van der Waals surface area contributed by atoms with Crippen LogP contribution in [0.1, 0.15) is 52.9 Å². The van der Waals surface area contributed by atoms with Crippen molar-refractivity contribution in [1.82, 2.24) is 4.90 Å². The molecule has 3 atom stereocenters. The molecule has 2 N–H and O–H groups in total. The highest BCUT2D eigenvalue weighted by molar-refractivity contribution is 4.91. The molecule has 0 radical (unpaired) electrons. The van der Waals surface area contributed by atoms with Crippen molar-refractivity contribution in [2.24, 2.45) is 28.9 Å². The number of hydrogen-bond acceptors (Lipinski definition) is 2. The summed E-state index contributed by atoms with van der Waals surface area (Å²) in [6, 6.07) is 0. The third-order valence-electron chi connectivity index (χ3n) is 5.12. The number of fused-ring (bicyclic) bond motifs is 2. The van der Waals surface area contributed by atoms with E-state index in [0.29, 0.717) is 0 Å². The second kappa shape index (κ2) is 5.92. The normalized spacial score (nSPS) is 31.5. The Hall–Kier alpha value is -0.0800. The second-order valence-corrected chi connectivity index (χ2v) is 7.54. The summed E-state index contributed by atoms with van der Waals surface area (Å²) in [4.78, 5) is 2.69. The Bertz CT molecular complexity index is 262. The van der Waals surface area contributed by atoms with Crippen LogP contribution in [0, 0.1) is 23.2 Å². The lowest BCUT2D eigenvalue weighted by atomic mass is 9.87. The van der Waals surface area contributed by atoms with Crippen molar-refractivity contribution in [3.05, 3.63) is 0 Å². The molecule has 2 saturated carbocycles. The van der Waals surface area contributed by atoms with Crippen LogP contribution in [-0.4, -0.2) is 31.1 Å². The van der Waals surface area contributed by atoms with Gasteiger partial charge in [-0.1, -0.05) is 27.2 Å². The van der Waals surface area contributed by atoms with Crippen molar-refractivity contribution in [3.8, 4) is 0 Å². The third-order valence-corrected chi connectivity index (χ3v) is 5.12. The molecule has 2 heteroatoms. The van der Waals surface area contributed by atoms with Gasteiger partial charge in [-0.05, 0) is 61.9 Å². The molecule has 0 spiro atoms. The zero-order valence-corrected chi connectivity index (χ0v) is 12.6. The zero-order chi connectivity index (χ0) is 13.2. The molecular formula is C16H32N2. The number of nitrogens with two attached hydrogens (primary N) is 1. The summed E-state index contributed by atoms with van der Waals surface area (Å²) in [5.74, 6) is 3.12. The molecule has 2 nitrogen and oxygen atoms in total. The highest BCUT2D eigenvalue weighted by Gasteiger charge is 2.40. The van der Waals surface area contributed by atoms with E-state index in [9.17, 15) is 0 Å². The molecule has 0 saturated heterocycles. The van der Waals surface area contributed by atoms with E-state index in [2.05, 4.69) is 25.7 Å². The van der Waals surface area contributed by atoms with Gasteiger partial charge < -0.3 is 10.6 Å². The fourth-order valence-corrected chi connectivity index (χ4v) is 4.15. The summed E-state index contributed by atoms with van der Waals surface area (Å²) in [6.07, 6.45) is 7.33. The van der Waals surface area contributed by atoms with Gasteiger partial charge in [0.05, 0.1) is 0 Å². The first-order valence-corrected chi connectivity index (χ1v) is 7.96. The van der Waals surface area contributed by atoms with Gasteiger partial charge in [0, 0.05) is 13.1 Å². The van der Waals surface area contributed by atoms with Crippen LogP contribution in [0.4, 0.5) is 0 Å². The first-order valence-electron chi connectivity index (χ1n) is 7.96. The largest absolute Gasteiger partial charge is 0.330 e.